The van der Waals surface area contributed by atoms with E-state index in [1.807, 2.05) is 24.3 Å². The monoisotopic (exact) mass is 725 g/mol. The summed E-state index contributed by atoms with van der Waals surface area (Å²) < 4.78 is 14.8. The van der Waals surface area contributed by atoms with E-state index in [0.717, 1.165) is 76.4 Å². The molecule has 226 valence electrons. The molecule has 5 aromatic rings. The van der Waals surface area contributed by atoms with E-state index in [4.69, 9.17) is 20.8 Å². The lowest BCUT2D eigenvalue weighted by Crippen LogP contribution is -2.33. The predicted octanol–water partition coefficient (Wildman–Crippen LogP) is 10.7. The van der Waals surface area contributed by atoms with E-state index in [9.17, 15) is 0 Å². The second-order valence-corrected chi connectivity index (χ2v) is 11.4. The van der Waals surface area contributed by atoms with Crippen LogP contribution in [0, 0.1) is 0 Å². The van der Waals surface area contributed by atoms with Crippen molar-refractivity contribution in [1.29, 1.82) is 0 Å². The lowest BCUT2D eigenvalue weighted by molar-refractivity contribution is -0.674. The molecule has 1 aliphatic heterocycles. The Labute approximate surface area is 286 Å². The topological polar surface area (TPSA) is 29.5 Å². The van der Waals surface area contributed by atoms with E-state index in [2.05, 4.69) is 120 Å². The summed E-state index contributed by atoms with van der Waals surface area (Å²) in [6.45, 7) is 5.89. The number of fused-ring (bicyclic) bond motifs is 2. The van der Waals surface area contributed by atoms with Crippen LogP contribution in [0.2, 0.25) is 0 Å². The molecule has 0 atom stereocenters. The Balaban J connectivity index is 0.00000357. The van der Waals surface area contributed by atoms with E-state index >= 15 is 0 Å². The molecule has 0 fully saturated rings. The van der Waals surface area contributed by atoms with E-state index in [1.54, 1.807) is 0 Å². The van der Waals surface area contributed by atoms with Gasteiger partial charge in [0.05, 0.1) is 11.8 Å². The van der Waals surface area contributed by atoms with Gasteiger partial charge in [-0.15, -0.1) is 24.0 Å². The first-order valence-corrected chi connectivity index (χ1v) is 15.7. The molecule has 0 N–H and O–H groups in total. The second kappa shape index (κ2) is 13.5. The fraction of sp³-hybridized carbons (Fsp3) is 0.154. The number of benzene rings is 4. The number of aromatic nitrogens is 1. The van der Waals surface area contributed by atoms with Gasteiger partial charge in [0, 0.05) is 17.6 Å². The lowest BCUT2D eigenvalue weighted by atomic mass is 10.0. The van der Waals surface area contributed by atoms with E-state index < -0.39 is 0 Å². The Hall–Kier alpha value is -4.07. The molecule has 0 unspecified atom stereocenters. The molecular formula is C39H35ClIN2O2+. The molecule has 1 aliphatic carbocycles. The van der Waals surface area contributed by atoms with Crippen LogP contribution in [0.4, 0.5) is 5.69 Å². The van der Waals surface area contributed by atoms with Crippen LogP contribution in [0.1, 0.15) is 32.6 Å². The molecular weight excluding hydrogens is 691 g/mol. The van der Waals surface area contributed by atoms with E-state index in [1.165, 1.54) is 22.3 Å². The van der Waals surface area contributed by atoms with Gasteiger partial charge < -0.3 is 14.1 Å². The standard InChI is InChI=1S/C39H34ClN2O2.HI/c1-3-41-33-25-31(27-11-7-5-8-12-27)17-21-35(33)43-37(41)23-19-29-15-16-30(39(29)40)20-24-38-42(4-2)34-26-32(18-22-36(34)44-38)28-13-9-6-10-14-28;/h5-14,17-26H,3-4,15-16H2,1-2H3;1H/q+1;. The normalized spacial score (nSPS) is 16.2. The first kappa shape index (κ1) is 30.9. The maximum atomic E-state index is 6.92. The Bertz CT molecular complexity index is 1970. The third-order valence-electron chi connectivity index (χ3n) is 8.39. The van der Waals surface area contributed by atoms with E-state index in [0.29, 0.717) is 0 Å². The number of ether oxygens (including phenoxy) is 1. The summed E-state index contributed by atoms with van der Waals surface area (Å²) in [6.07, 6.45) is 10.1. The molecule has 4 nitrogen and oxygen atoms in total. The molecule has 1 aromatic heterocycles. The highest BCUT2D eigenvalue weighted by Gasteiger charge is 2.26. The zero-order valence-corrected chi connectivity index (χ0v) is 28.5. The lowest BCUT2D eigenvalue weighted by Gasteiger charge is -2.16. The SMILES string of the molecule is CCN1/C(=C/C=C2\CCC(/C=C/c3oc4ccc(-c5ccccc5)cc4[n+]3CC)=C2Cl)Oc2ccc(-c3ccccc3)cc21.I. The van der Waals surface area contributed by atoms with Gasteiger partial charge in [-0.2, -0.15) is 4.57 Å². The summed E-state index contributed by atoms with van der Waals surface area (Å²) in [6, 6.07) is 33.6. The molecule has 2 aliphatic rings. The molecule has 6 heteroatoms. The predicted molar refractivity (Wildman–Crippen MR) is 196 cm³/mol. The van der Waals surface area contributed by atoms with Crippen LogP contribution in [0.15, 0.2) is 142 Å². The first-order valence-electron chi connectivity index (χ1n) is 15.3. The van der Waals surface area contributed by atoms with Crippen molar-refractivity contribution < 1.29 is 13.7 Å². The van der Waals surface area contributed by atoms with Gasteiger partial charge in [-0.05, 0) is 90.4 Å². The molecule has 0 spiro atoms. The number of hydrogen-bond acceptors (Lipinski definition) is 3. The Kier molecular flexibility index (Phi) is 9.29. The van der Waals surface area contributed by atoms with Crippen molar-refractivity contribution in [2.75, 3.05) is 11.4 Å². The maximum absolute atomic E-state index is 6.92. The van der Waals surface area contributed by atoms with Crippen LogP contribution < -0.4 is 14.2 Å². The van der Waals surface area contributed by atoms with Gasteiger partial charge in [-0.25, -0.2) is 0 Å². The van der Waals surface area contributed by atoms with Crippen molar-refractivity contribution in [2.45, 2.75) is 33.2 Å². The van der Waals surface area contributed by atoms with Crippen molar-refractivity contribution in [2.24, 2.45) is 0 Å². The zero-order chi connectivity index (χ0) is 30.0. The fourth-order valence-corrected chi connectivity index (χ4v) is 6.39. The van der Waals surface area contributed by atoms with Crippen LogP contribution in [0.5, 0.6) is 5.75 Å². The minimum Gasteiger partial charge on any atom is -0.439 e. The van der Waals surface area contributed by atoms with E-state index in [-0.39, 0.29) is 24.0 Å². The van der Waals surface area contributed by atoms with Crippen molar-refractivity contribution in [3.05, 3.63) is 143 Å². The smallest absolute Gasteiger partial charge is 0.374 e. The van der Waals surface area contributed by atoms with Crippen LogP contribution >= 0.6 is 35.6 Å². The summed E-state index contributed by atoms with van der Waals surface area (Å²) in [5.74, 6) is 2.50. The third-order valence-corrected chi connectivity index (χ3v) is 8.87. The molecule has 4 aromatic carbocycles. The average molecular weight is 726 g/mol. The van der Waals surface area contributed by atoms with Crippen LogP contribution in [0.25, 0.3) is 39.4 Å². The highest BCUT2D eigenvalue weighted by molar-refractivity contribution is 14.0. The molecule has 0 saturated carbocycles. The summed E-state index contributed by atoms with van der Waals surface area (Å²) in [5.41, 5.74) is 10.0. The van der Waals surface area contributed by atoms with Crippen LogP contribution in [-0.2, 0) is 6.54 Å². The number of rotatable bonds is 7. The minimum absolute atomic E-state index is 0. The van der Waals surface area contributed by atoms with Gasteiger partial charge in [-0.1, -0.05) is 90.5 Å². The summed E-state index contributed by atoms with van der Waals surface area (Å²) in [4.78, 5) is 2.21. The van der Waals surface area contributed by atoms with Crippen LogP contribution in [0.3, 0.4) is 0 Å². The Morgan fingerprint density at radius 3 is 2.16 bits per heavy atom. The quantitative estimate of drug-likeness (QED) is 0.124. The first-order chi connectivity index (χ1) is 21.6. The average Bonchev–Trinajstić information content (AvgIpc) is 3.74. The van der Waals surface area contributed by atoms with Crippen molar-refractivity contribution >= 4 is 58.4 Å². The third kappa shape index (κ3) is 6.11. The van der Waals surface area contributed by atoms with Crippen molar-refractivity contribution in [3.63, 3.8) is 0 Å². The maximum Gasteiger partial charge on any atom is 0.374 e. The second-order valence-electron chi connectivity index (χ2n) is 11.0. The molecule has 0 radical (unpaired) electrons. The minimum atomic E-state index is 0. The van der Waals surface area contributed by atoms with Gasteiger partial charge in [0.1, 0.15) is 6.54 Å². The molecule has 0 amide bonds. The highest BCUT2D eigenvalue weighted by Crippen LogP contribution is 2.42. The van der Waals surface area contributed by atoms with Crippen LogP contribution in [-0.4, -0.2) is 6.54 Å². The number of aryl methyl sites for hydroxylation is 1. The summed E-state index contributed by atoms with van der Waals surface area (Å²) >= 11 is 6.92. The largest absolute Gasteiger partial charge is 0.439 e. The molecule has 2 heterocycles. The van der Waals surface area contributed by atoms with Gasteiger partial charge >= 0.3 is 5.89 Å². The van der Waals surface area contributed by atoms with Gasteiger partial charge in [0.15, 0.2) is 5.75 Å². The summed E-state index contributed by atoms with van der Waals surface area (Å²) in [5, 5.41) is 0.800. The number of oxazole rings is 1. The number of anilines is 1. The van der Waals surface area contributed by atoms with Gasteiger partial charge in [0.25, 0.3) is 5.52 Å². The highest BCUT2D eigenvalue weighted by atomic mass is 127. The Morgan fingerprint density at radius 1 is 0.778 bits per heavy atom. The van der Waals surface area contributed by atoms with Gasteiger partial charge in [0.2, 0.25) is 11.5 Å². The number of nitrogens with zero attached hydrogens (tertiary/aromatic N) is 2. The molecule has 0 bridgehead atoms. The number of allylic oxidation sites excluding steroid dienone is 6. The number of hydrogen-bond donors (Lipinski definition) is 0. The molecule has 45 heavy (non-hydrogen) atoms. The number of halogens is 2. The fourth-order valence-electron chi connectivity index (χ4n) is 6.07. The molecule has 7 rings (SSSR count). The zero-order valence-electron chi connectivity index (χ0n) is 25.4. The van der Waals surface area contributed by atoms with Crippen molar-refractivity contribution in [3.8, 4) is 28.0 Å². The Morgan fingerprint density at radius 2 is 1.47 bits per heavy atom. The van der Waals surface area contributed by atoms with Crippen molar-refractivity contribution in [1.82, 2.24) is 0 Å². The molecule has 0 saturated heterocycles. The summed E-state index contributed by atoms with van der Waals surface area (Å²) in [7, 11) is 0. The van der Waals surface area contributed by atoms with Gasteiger partial charge in [-0.3, -0.25) is 0 Å².